The SMILES string of the molecule is CC1(C(=O)O)CCN(Cc2c[nH]c3cc(Cl)ccc23)C1. The molecule has 1 saturated heterocycles. The first-order valence-corrected chi connectivity index (χ1v) is 7.07. The number of carboxylic acid groups (broad SMARTS) is 1. The highest BCUT2D eigenvalue weighted by atomic mass is 35.5. The summed E-state index contributed by atoms with van der Waals surface area (Å²) in [5, 5.41) is 11.1. The summed E-state index contributed by atoms with van der Waals surface area (Å²) >= 11 is 5.97. The van der Waals surface area contributed by atoms with E-state index in [9.17, 15) is 9.90 Å². The Bertz CT molecular complexity index is 667. The van der Waals surface area contributed by atoms with E-state index in [1.54, 1.807) is 0 Å². The predicted octanol–water partition coefficient (Wildman–Crippen LogP) is 3.12. The molecule has 0 bridgehead atoms. The smallest absolute Gasteiger partial charge is 0.310 e. The third-order valence-electron chi connectivity index (χ3n) is 4.19. The Morgan fingerprint density at radius 2 is 2.35 bits per heavy atom. The van der Waals surface area contributed by atoms with Crippen molar-refractivity contribution >= 4 is 28.5 Å². The molecule has 20 heavy (non-hydrogen) atoms. The number of benzene rings is 1. The summed E-state index contributed by atoms with van der Waals surface area (Å²) in [6, 6.07) is 5.80. The summed E-state index contributed by atoms with van der Waals surface area (Å²) in [4.78, 5) is 16.7. The van der Waals surface area contributed by atoms with Gasteiger partial charge in [0.2, 0.25) is 0 Å². The van der Waals surface area contributed by atoms with Gasteiger partial charge in [-0.3, -0.25) is 9.69 Å². The van der Waals surface area contributed by atoms with Crippen LogP contribution in [0.4, 0.5) is 0 Å². The van der Waals surface area contributed by atoms with E-state index in [1.807, 2.05) is 31.3 Å². The lowest BCUT2D eigenvalue weighted by atomic mass is 9.90. The van der Waals surface area contributed by atoms with Crippen molar-refractivity contribution < 1.29 is 9.90 Å². The van der Waals surface area contributed by atoms with Crippen molar-refractivity contribution in [2.24, 2.45) is 5.41 Å². The Hall–Kier alpha value is -1.52. The number of carboxylic acids is 1. The maximum atomic E-state index is 11.3. The first-order valence-electron chi connectivity index (χ1n) is 6.69. The fourth-order valence-corrected chi connectivity index (χ4v) is 3.07. The fourth-order valence-electron chi connectivity index (χ4n) is 2.90. The second-order valence-corrected chi connectivity index (χ2v) is 6.27. The summed E-state index contributed by atoms with van der Waals surface area (Å²) in [6.45, 7) is 4.01. The summed E-state index contributed by atoms with van der Waals surface area (Å²) < 4.78 is 0. The van der Waals surface area contributed by atoms with Crippen LogP contribution in [0.25, 0.3) is 10.9 Å². The molecule has 1 aromatic heterocycles. The molecule has 1 unspecified atom stereocenters. The number of rotatable bonds is 3. The zero-order valence-electron chi connectivity index (χ0n) is 11.3. The van der Waals surface area contributed by atoms with Crippen molar-refractivity contribution in [1.82, 2.24) is 9.88 Å². The molecule has 1 fully saturated rings. The highest BCUT2D eigenvalue weighted by Crippen LogP contribution is 2.32. The van der Waals surface area contributed by atoms with Crippen LogP contribution < -0.4 is 0 Å². The Morgan fingerprint density at radius 3 is 3.05 bits per heavy atom. The van der Waals surface area contributed by atoms with Crippen molar-refractivity contribution in [1.29, 1.82) is 0 Å². The second kappa shape index (κ2) is 4.79. The maximum Gasteiger partial charge on any atom is 0.310 e. The standard InChI is InChI=1S/C15H17ClN2O2/c1-15(14(19)20)4-5-18(9-15)8-10-7-17-13-6-11(16)2-3-12(10)13/h2-3,6-7,17H,4-5,8-9H2,1H3,(H,19,20). The molecule has 0 radical (unpaired) electrons. The molecule has 1 aliphatic heterocycles. The van der Waals surface area contributed by atoms with Crippen LogP contribution in [-0.2, 0) is 11.3 Å². The van der Waals surface area contributed by atoms with Crippen LogP contribution in [0.15, 0.2) is 24.4 Å². The Kier molecular flexibility index (Phi) is 3.22. The van der Waals surface area contributed by atoms with Gasteiger partial charge in [-0.2, -0.15) is 0 Å². The lowest BCUT2D eigenvalue weighted by molar-refractivity contribution is -0.147. The van der Waals surface area contributed by atoms with Crippen molar-refractivity contribution in [3.05, 3.63) is 35.0 Å². The van der Waals surface area contributed by atoms with Crippen LogP contribution in [0.5, 0.6) is 0 Å². The molecular weight excluding hydrogens is 276 g/mol. The maximum absolute atomic E-state index is 11.3. The Morgan fingerprint density at radius 1 is 1.55 bits per heavy atom. The molecule has 0 saturated carbocycles. The first kappa shape index (κ1) is 13.5. The number of hydrogen-bond acceptors (Lipinski definition) is 2. The van der Waals surface area contributed by atoms with Gasteiger partial charge < -0.3 is 10.1 Å². The van der Waals surface area contributed by atoms with Crippen LogP contribution in [0, 0.1) is 5.41 Å². The van der Waals surface area contributed by atoms with Gasteiger partial charge in [0, 0.05) is 35.2 Å². The third kappa shape index (κ3) is 2.30. The Labute approximate surface area is 122 Å². The van der Waals surface area contributed by atoms with Gasteiger partial charge in [0.25, 0.3) is 0 Å². The van der Waals surface area contributed by atoms with Gasteiger partial charge in [0.1, 0.15) is 0 Å². The summed E-state index contributed by atoms with van der Waals surface area (Å²) in [5.41, 5.74) is 1.59. The zero-order chi connectivity index (χ0) is 14.3. The van der Waals surface area contributed by atoms with E-state index >= 15 is 0 Å². The molecule has 0 aliphatic carbocycles. The average molecular weight is 293 g/mol. The number of nitrogens with one attached hydrogen (secondary N) is 1. The highest BCUT2D eigenvalue weighted by Gasteiger charge is 2.40. The summed E-state index contributed by atoms with van der Waals surface area (Å²) in [6.07, 6.45) is 2.69. The first-order chi connectivity index (χ1) is 9.48. The zero-order valence-corrected chi connectivity index (χ0v) is 12.1. The van der Waals surface area contributed by atoms with Crippen LogP contribution in [-0.4, -0.2) is 34.0 Å². The molecule has 2 aromatic rings. The lowest BCUT2D eigenvalue weighted by Crippen LogP contribution is -2.31. The number of halogens is 1. The third-order valence-corrected chi connectivity index (χ3v) is 4.43. The van der Waals surface area contributed by atoms with Crippen LogP contribution >= 0.6 is 11.6 Å². The van der Waals surface area contributed by atoms with Crippen molar-refractivity contribution in [3.8, 4) is 0 Å². The number of aliphatic carboxylic acids is 1. The topological polar surface area (TPSA) is 56.3 Å². The molecule has 3 rings (SSSR count). The van der Waals surface area contributed by atoms with E-state index in [1.165, 1.54) is 5.56 Å². The number of aromatic amines is 1. The lowest BCUT2D eigenvalue weighted by Gasteiger charge is -2.19. The number of carbonyl (C=O) groups is 1. The molecule has 106 valence electrons. The number of hydrogen-bond donors (Lipinski definition) is 2. The van der Waals surface area contributed by atoms with E-state index in [0.29, 0.717) is 18.0 Å². The average Bonchev–Trinajstić information content (AvgIpc) is 2.95. The summed E-state index contributed by atoms with van der Waals surface area (Å²) in [5.74, 6) is -0.703. The van der Waals surface area contributed by atoms with Crippen LogP contribution in [0.3, 0.4) is 0 Å². The predicted molar refractivity (Wildman–Crippen MR) is 78.9 cm³/mol. The molecule has 2 heterocycles. The molecule has 1 aliphatic rings. The van der Waals surface area contributed by atoms with E-state index < -0.39 is 11.4 Å². The van der Waals surface area contributed by atoms with Crippen LogP contribution in [0.2, 0.25) is 5.02 Å². The largest absolute Gasteiger partial charge is 0.481 e. The minimum Gasteiger partial charge on any atom is -0.481 e. The van der Waals surface area contributed by atoms with E-state index in [-0.39, 0.29) is 0 Å². The molecule has 1 aromatic carbocycles. The monoisotopic (exact) mass is 292 g/mol. The van der Waals surface area contributed by atoms with E-state index in [0.717, 1.165) is 24.0 Å². The van der Waals surface area contributed by atoms with Gasteiger partial charge in [-0.05, 0) is 37.6 Å². The quantitative estimate of drug-likeness (QED) is 0.914. The Balaban J connectivity index is 1.79. The molecule has 2 N–H and O–H groups in total. The van der Waals surface area contributed by atoms with Gasteiger partial charge in [0.05, 0.1) is 5.41 Å². The summed E-state index contributed by atoms with van der Waals surface area (Å²) in [7, 11) is 0. The molecule has 5 heteroatoms. The van der Waals surface area contributed by atoms with Crippen molar-refractivity contribution in [2.75, 3.05) is 13.1 Å². The van der Waals surface area contributed by atoms with Gasteiger partial charge in [-0.15, -0.1) is 0 Å². The van der Waals surface area contributed by atoms with Gasteiger partial charge in [-0.25, -0.2) is 0 Å². The van der Waals surface area contributed by atoms with Crippen LogP contribution in [0.1, 0.15) is 18.9 Å². The molecular formula is C15H17ClN2O2. The van der Waals surface area contributed by atoms with Gasteiger partial charge in [-0.1, -0.05) is 17.7 Å². The molecule has 4 nitrogen and oxygen atoms in total. The normalized spacial score (nSPS) is 23.5. The molecule has 0 amide bonds. The molecule has 1 atom stereocenters. The van der Waals surface area contributed by atoms with Gasteiger partial charge >= 0.3 is 5.97 Å². The van der Waals surface area contributed by atoms with Crippen molar-refractivity contribution in [3.63, 3.8) is 0 Å². The fraction of sp³-hybridized carbons (Fsp3) is 0.400. The number of fused-ring (bicyclic) bond motifs is 1. The number of likely N-dealkylation sites (tertiary alicyclic amines) is 1. The second-order valence-electron chi connectivity index (χ2n) is 5.83. The highest BCUT2D eigenvalue weighted by molar-refractivity contribution is 6.31. The van der Waals surface area contributed by atoms with E-state index in [4.69, 9.17) is 11.6 Å². The minimum absolute atomic E-state index is 0.600. The number of nitrogens with zero attached hydrogens (tertiary/aromatic N) is 1. The minimum atomic E-state index is -0.703. The molecule has 0 spiro atoms. The number of H-pyrrole nitrogens is 1. The van der Waals surface area contributed by atoms with E-state index in [2.05, 4.69) is 9.88 Å². The van der Waals surface area contributed by atoms with Gasteiger partial charge in [0.15, 0.2) is 0 Å². The van der Waals surface area contributed by atoms with Crippen molar-refractivity contribution in [2.45, 2.75) is 19.9 Å². The number of aromatic nitrogens is 1.